The van der Waals surface area contributed by atoms with E-state index in [4.69, 9.17) is 9.47 Å². The molecule has 2 aromatic carbocycles. The van der Waals surface area contributed by atoms with Crippen LogP contribution in [0, 0.1) is 11.2 Å². The minimum absolute atomic E-state index is 0.00723. The Hall–Kier alpha value is -2.93. The lowest BCUT2D eigenvalue weighted by atomic mass is 9.90. The van der Waals surface area contributed by atoms with Gasteiger partial charge in [-0.15, -0.1) is 0 Å². The zero-order valence-electron chi connectivity index (χ0n) is 19.2. The maximum Gasteiger partial charge on any atom is 0.312 e. The average molecular weight is 458 g/mol. The molecule has 4 rings (SSSR count). The van der Waals surface area contributed by atoms with Gasteiger partial charge in [-0.1, -0.05) is 12.1 Å². The number of halogens is 2. The van der Waals surface area contributed by atoms with E-state index in [0.29, 0.717) is 44.2 Å². The third-order valence-electron chi connectivity index (χ3n) is 6.20. The van der Waals surface area contributed by atoms with Crippen LogP contribution in [0.5, 0.6) is 11.5 Å². The topological polar surface area (TPSA) is 59.0 Å². The summed E-state index contributed by atoms with van der Waals surface area (Å²) in [6, 6.07) is 11.7. The summed E-state index contributed by atoms with van der Waals surface area (Å²) in [4.78, 5) is 13.5. The van der Waals surface area contributed by atoms with Crippen molar-refractivity contribution < 1.29 is 28.2 Å². The quantitative estimate of drug-likeness (QED) is 0.638. The smallest absolute Gasteiger partial charge is 0.312 e. The van der Waals surface area contributed by atoms with E-state index in [9.17, 15) is 18.7 Å². The van der Waals surface area contributed by atoms with Crippen LogP contribution < -0.4 is 9.47 Å². The molecule has 7 heteroatoms. The van der Waals surface area contributed by atoms with Crippen molar-refractivity contribution >= 4 is 11.5 Å². The molecule has 1 atom stereocenters. The number of hydrogen-bond acceptors (Lipinski definition) is 4. The summed E-state index contributed by atoms with van der Waals surface area (Å²) in [5, 5.41) is 9.36. The van der Waals surface area contributed by atoms with E-state index in [0.717, 1.165) is 22.3 Å². The molecule has 0 radical (unpaired) electrons. The first-order chi connectivity index (χ1) is 15.5. The molecule has 33 heavy (non-hydrogen) atoms. The van der Waals surface area contributed by atoms with Gasteiger partial charge in [0.25, 0.3) is 0 Å². The van der Waals surface area contributed by atoms with Crippen molar-refractivity contribution in [3.05, 3.63) is 65.0 Å². The molecule has 0 saturated carbocycles. The van der Waals surface area contributed by atoms with Crippen molar-refractivity contribution in [2.45, 2.75) is 32.9 Å². The third kappa shape index (κ3) is 5.19. The summed E-state index contributed by atoms with van der Waals surface area (Å²) in [6.07, 6.45) is 0.487. The van der Waals surface area contributed by atoms with Gasteiger partial charge in [-0.05, 0) is 74.2 Å². The normalized spacial score (nSPS) is 21.0. The minimum Gasteiger partial charge on any atom is -0.492 e. The molecule has 1 fully saturated rings. The van der Waals surface area contributed by atoms with Gasteiger partial charge in [0.15, 0.2) is 0 Å². The number of fused-ring (bicyclic) bond motifs is 1. The molecule has 0 spiro atoms. The molecule has 1 unspecified atom stereocenters. The molecule has 1 N–H and O–H groups in total. The van der Waals surface area contributed by atoms with Gasteiger partial charge in [-0.2, -0.15) is 0 Å². The number of rotatable bonds is 7. The Bertz CT molecular complexity index is 1080. The molecule has 0 bridgehead atoms. The van der Waals surface area contributed by atoms with Crippen LogP contribution in [0.2, 0.25) is 0 Å². The van der Waals surface area contributed by atoms with Gasteiger partial charge < -0.3 is 14.6 Å². The molecular formula is C26H29F2NO4. The second-order valence-electron chi connectivity index (χ2n) is 9.78. The zero-order valence-corrected chi connectivity index (χ0v) is 19.2. The summed E-state index contributed by atoms with van der Waals surface area (Å²) in [6.45, 7) is 6.75. The van der Waals surface area contributed by atoms with Crippen molar-refractivity contribution in [1.82, 2.24) is 4.90 Å². The second kappa shape index (κ2) is 8.78. The molecule has 2 aliphatic heterocycles. The van der Waals surface area contributed by atoms with E-state index in [-0.39, 0.29) is 12.4 Å². The Balaban J connectivity index is 1.70. The van der Waals surface area contributed by atoms with Gasteiger partial charge in [0.05, 0.1) is 5.41 Å². The summed E-state index contributed by atoms with van der Waals surface area (Å²) in [5.41, 5.74) is 1.27. The molecule has 0 aliphatic carbocycles. The molecule has 2 aromatic rings. The predicted octanol–water partition coefficient (Wildman–Crippen LogP) is 4.94. The highest BCUT2D eigenvalue weighted by molar-refractivity contribution is 5.87. The van der Waals surface area contributed by atoms with Crippen LogP contribution in [0.3, 0.4) is 0 Å². The highest BCUT2D eigenvalue weighted by Gasteiger charge is 2.35. The maximum atomic E-state index is 14.4. The maximum absolute atomic E-state index is 14.4. The fraction of sp³-hybridized carbons (Fsp3) is 0.423. The Morgan fingerprint density at radius 2 is 1.97 bits per heavy atom. The van der Waals surface area contributed by atoms with E-state index < -0.39 is 17.1 Å². The van der Waals surface area contributed by atoms with Crippen LogP contribution in [0.25, 0.3) is 5.57 Å². The molecule has 1 saturated heterocycles. The standard InChI is InChI=1S/C26H29F2NO4/c1-25(2,24(30)31)16-33-20-8-9-22-21(12-20)23(17-4-6-19(27)7-5-17)18(14-32-22)13-29-11-10-26(3,28)15-29/h4-9,12H,10-11,13-16H2,1-3H3,(H,30,31). The van der Waals surface area contributed by atoms with Gasteiger partial charge in [0, 0.05) is 25.2 Å². The van der Waals surface area contributed by atoms with Crippen molar-refractivity contribution in [2.24, 2.45) is 5.41 Å². The molecule has 0 amide bonds. The van der Waals surface area contributed by atoms with Crippen LogP contribution in [0.15, 0.2) is 48.0 Å². The number of nitrogens with zero attached hydrogens (tertiary/aromatic N) is 1. The average Bonchev–Trinajstić information content (AvgIpc) is 3.11. The number of carboxylic acids is 1. The van der Waals surface area contributed by atoms with Crippen LogP contribution in [-0.2, 0) is 4.79 Å². The monoisotopic (exact) mass is 457 g/mol. The van der Waals surface area contributed by atoms with Crippen LogP contribution in [0.1, 0.15) is 38.3 Å². The van der Waals surface area contributed by atoms with Gasteiger partial charge in [-0.25, -0.2) is 8.78 Å². The van der Waals surface area contributed by atoms with E-state index >= 15 is 0 Å². The van der Waals surface area contributed by atoms with E-state index in [1.54, 1.807) is 45.0 Å². The molecule has 5 nitrogen and oxygen atoms in total. The summed E-state index contributed by atoms with van der Waals surface area (Å²) in [5.74, 6) is -0.0814. The highest BCUT2D eigenvalue weighted by atomic mass is 19.1. The Morgan fingerprint density at radius 3 is 2.61 bits per heavy atom. The van der Waals surface area contributed by atoms with E-state index in [1.807, 2.05) is 6.07 Å². The Kier molecular flexibility index (Phi) is 6.18. The molecular weight excluding hydrogens is 428 g/mol. The fourth-order valence-corrected chi connectivity index (χ4v) is 4.19. The minimum atomic E-state index is -1.21. The summed E-state index contributed by atoms with van der Waals surface area (Å²) in [7, 11) is 0. The molecule has 2 aliphatic rings. The van der Waals surface area contributed by atoms with Crippen LogP contribution in [-0.4, -0.2) is 54.5 Å². The number of carboxylic acid groups (broad SMARTS) is 1. The summed E-state index contributed by atoms with van der Waals surface area (Å²) >= 11 is 0. The third-order valence-corrected chi connectivity index (χ3v) is 6.20. The van der Waals surface area contributed by atoms with E-state index in [2.05, 4.69) is 4.90 Å². The number of hydrogen-bond donors (Lipinski definition) is 1. The highest BCUT2D eigenvalue weighted by Crippen LogP contribution is 2.40. The number of alkyl halides is 1. The Labute approximate surface area is 192 Å². The number of likely N-dealkylation sites (tertiary alicyclic amines) is 1. The summed E-state index contributed by atoms with van der Waals surface area (Å²) < 4.78 is 39.9. The second-order valence-corrected chi connectivity index (χ2v) is 9.78. The van der Waals surface area contributed by atoms with Gasteiger partial charge in [-0.3, -0.25) is 9.69 Å². The first-order valence-corrected chi connectivity index (χ1v) is 11.1. The van der Waals surface area contributed by atoms with E-state index in [1.165, 1.54) is 12.1 Å². The number of carbonyl (C=O) groups is 1. The van der Waals surface area contributed by atoms with Gasteiger partial charge in [0.1, 0.15) is 36.2 Å². The van der Waals surface area contributed by atoms with Crippen molar-refractivity contribution in [3.8, 4) is 11.5 Å². The SMILES string of the molecule is CC1(F)CCN(CC2=C(c3ccc(F)cc3)c3cc(OCC(C)(C)C(=O)O)ccc3OC2)C1. The number of aliphatic carboxylic acids is 1. The molecule has 0 aromatic heterocycles. The lowest BCUT2D eigenvalue weighted by molar-refractivity contribution is -0.148. The first-order valence-electron chi connectivity index (χ1n) is 11.1. The van der Waals surface area contributed by atoms with Gasteiger partial charge in [0.2, 0.25) is 0 Å². The molecule has 2 heterocycles. The zero-order chi connectivity index (χ0) is 23.8. The lowest BCUT2D eigenvalue weighted by Crippen LogP contribution is -2.31. The largest absolute Gasteiger partial charge is 0.492 e. The van der Waals surface area contributed by atoms with Crippen molar-refractivity contribution in [3.63, 3.8) is 0 Å². The first kappa shape index (κ1) is 23.2. The van der Waals surface area contributed by atoms with Gasteiger partial charge >= 0.3 is 5.97 Å². The molecule has 176 valence electrons. The van der Waals surface area contributed by atoms with Crippen molar-refractivity contribution in [2.75, 3.05) is 32.8 Å². The Morgan fingerprint density at radius 1 is 1.24 bits per heavy atom. The van der Waals surface area contributed by atoms with Crippen LogP contribution >= 0.6 is 0 Å². The van der Waals surface area contributed by atoms with Crippen LogP contribution in [0.4, 0.5) is 8.78 Å². The fourth-order valence-electron chi connectivity index (χ4n) is 4.19. The predicted molar refractivity (Wildman–Crippen MR) is 122 cm³/mol. The number of ether oxygens (including phenoxy) is 2. The van der Waals surface area contributed by atoms with Crippen molar-refractivity contribution in [1.29, 1.82) is 0 Å². The number of benzene rings is 2. The lowest BCUT2D eigenvalue weighted by Gasteiger charge is -2.28.